The summed E-state index contributed by atoms with van der Waals surface area (Å²) in [5.41, 5.74) is 0.813. The second kappa shape index (κ2) is 18.0. The van der Waals surface area contributed by atoms with Crippen LogP contribution in [0.4, 0.5) is 0 Å². The summed E-state index contributed by atoms with van der Waals surface area (Å²) < 4.78 is 50.4. The molecular weight excluding hydrogens is 765 g/mol. The van der Waals surface area contributed by atoms with Gasteiger partial charge in [-0.2, -0.15) is 0 Å². The summed E-state index contributed by atoms with van der Waals surface area (Å²) in [5.74, 6) is -2.04. The summed E-state index contributed by atoms with van der Waals surface area (Å²) >= 11 is 0. The van der Waals surface area contributed by atoms with Crippen LogP contribution in [-0.4, -0.2) is 102 Å². The summed E-state index contributed by atoms with van der Waals surface area (Å²) in [6.45, 7) is 20.6. The minimum atomic E-state index is -2.48. The van der Waals surface area contributed by atoms with Gasteiger partial charge in [-0.05, 0) is 72.7 Å². The van der Waals surface area contributed by atoms with E-state index in [0.29, 0.717) is 5.56 Å². The van der Waals surface area contributed by atoms with Crippen LogP contribution in [0, 0.1) is 0 Å². The lowest BCUT2D eigenvalue weighted by Gasteiger charge is -2.43. The number of rotatable bonds is 14. The third kappa shape index (κ3) is 10.9. The van der Waals surface area contributed by atoms with Gasteiger partial charge in [0.1, 0.15) is 31.0 Å². The highest BCUT2D eigenvalue weighted by Gasteiger charge is 2.55. The molecule has 12 nitrogen and oxygen atoms in total. The number of ether oxygens (including phenoxy) is 6. The number of aliphatic hydroxyl groups excluding tert-OH is 1. The molecule has 3 aromatic carbocycles. The summed E-state index contributed by atoms with van der Waals surface area (Å²) in [5, 5.41) is 11.1. The standard InChI is InChI=1S/C43H58O12Si2/c1-42(2,3)56(7,8)54-34-32(50-40(47)35(34)55-57(9,10)43(4,5)6)27-49-41-36(53-39(46)30-24-18-13-19-25-30)33(52-38(45)29-22-16-12-17-23-29)31(51-41)26-48-37(44)28-20-14-11-15-21-28/h11-25,31-36,40-41,47H,26-27H2,1-10H3/t31-,32-,33-,34-,35+,36+,40+,41+/m1/s1. The Kier molecular flexibility index (Phi) is 14.0. The molecule has 2 aliphatic rings. The first-order valence-corrected chi connectivity index (χ1v) is 25.2. The molecule has 1 N–H and O–H groups in total. The van der Waals surface area contributed by atoms with Gasteiger partial charge in [-0.15, -0.1) is 0 Å². The van der Waals surface area contributed by atoms with Gasteiger partial charge in [-0.25, -0.2) is 14.4 Å². The first kappa shape index (κ1) is 44.4. The fourth-order valence-corrected chi connectivity index (χ4v) is 8.51. The van der Waals surface area contributed by atoms with Crippen LogP contribution in [0.5, 0.6) is 0 Å². The molecular formula is C43H58O12Si2. The predicted molar refractivity (Wildman–Crippen MR) is 218 cm³/mol. The van der Waals surface area contributed by atoms with E-state index in [-0.39, 0.29) is 34.4 Å². The number of carbonyl (C=O) groups is 3. The molecule has 310 valence electrons. The van der Waals surface area contributed by atoms with Crippen molar-refractivity contribution in [1.29, 1.82) is 0 Å². The van der Waals surface area contributed by atoms with Crippen LogP contribution in [-0.2, 0) is 37.3 Å². The molecule has 8 atom stereocenters. The van der Waals surface area contributed by atoms with Crippen molar-refractivity contribution in [3.8, 4) is 0 Å². The van der Waals surface area contributed by atoms with Gasteiger partial charge in [0, 0.05) is 0 Å². The molecule has 5 rings (SSSR count). The Bertz CT molecular complexity index is 1790. The summed E-state index contributed by atoms with van der Waals surface area (Å²) in [4.78, 5) is 40.2. The van der Waals surface area contributed by atoms with Crippen LogP contribution in [0.25, 0.3) is 0 Å². The Labute approximate surface area is 338 Å². The lowest BCUT2D eigenvalue weighted by Crippen LogP contribution is -2.54. The molecule has 2 aliphatic heterocycles. The molecule has 0 unspecified atom stereocenters. The fraction of sp³-hybridized carbons (Fsp3) is 0.512. The van der Waals surface area contributed by atoms with Crippen molar-refractivity contribution in [3.05, 3.63) is 108 Å². The Balaban J connectivity index is 1.46. The minimum Gasteiger partial charge on any atom is -0.459 e. The zero-order valence-corrected chi connectivity index (χ0v) is 36.6. The smallest absolute Gasteiger partial charge is 0.338 e. The van der Waals surface area contributed by atoms with E-state index in [4.69, 9.17) is 37.3 Å². The van der Waals surface area contributed by atoms with E-state index in [0.717, 1.165) is 0 Å². The van der Waals surface area contributed by atoms with Gasteiger partial charge in [0.2, 0.25) is 0 Å². The largest absolute Gasteiger partial charge is 0.459 e. The van der Waals surface area contributed by atoms with Crippen LogP contribution in [0.1, 0.15) is 72.6 Å². The maximum absolute atomic E-state index is 13.6. The molecule has 0 aliphatic carbocycles. The zero-order valence-electron chi connectivity index (χ0n) is 34.6. The quantitative estimate of drug-likeness (QED) is 0.0975. The monoisotopic (exact) mass is 822 g/mol. The van der Waals surface area contributed by atoms with Gasteiger partial charge in [0.15, 0.2) is 41.4 Å². The van der Waals surface area contributed by atoms with E-state index >= 15 is 0 Å². The van der Waals surface area contributed by atoms with Crippen molar-refractivity contribution in [1.82, 2.24) is 0 Å². The van der Waals surface area contributed by atoms with Gasteiger partial charge in [0.05, 0.1) is 23.3 Å². The second-order valence-electron chi connectivity index (χ2n) is 17.6. The summed E-state index contributed by atoms with van der Waals surface area (Å²) in [6.07, 6.45) is -8.74. The van der Waals surface area contributed by atoms with E-state index in [1.807, 2.05) is 0 Å². The maximum atomic E-state index is 13.6. The highest BCUT2D eigenvalue weighted by molar-refractivity contribution is 6.74. The number of benzene rings is 3. The van der Waals surface area contributed by atoms with Gasteiger partial charge in [0.25, 0.3) is 0 Å². The molecule has 0 saturated carbocycles. The fourth-order valence-electron chi connectivity index (χ4n) is 5.91. The number of carbonyl (C=O) groups excluding carboxylic acids is 3. The van der Waals surface area contributed by atoms with E-state index in [2.05, 4.69) is 67.7 Å². The van der Waals surface area contributed by atoms with E-state index in [1.54, 1.807) is 91.0 Å². The zero-order chi connectivity index (χ0) is 41.8. The van der Waals surface area contributed by atoms with E-state index in [9.17, 15) is 19.5 Å². The summed E-state index contributed by atoms with van der Waals surface area (Å²) in [6, 6.07) is 25.1. The van der Waals surface area contributed by atoms with Gasteiger partial charge in [-0.3, -0.25) is 0 Å². The van der Waals surface area contributed by atoms with Gasteiger partial charge >= 0.3 is 17.9 Å². The number of hydrogen-bond acceptors (Lipinski definition) is 12. The Hall–Kier alpha value is -3.74. The molecule has 14 heteroatoms. The van der Waals surface area contributed by atoms with Crippen molar-refractivity contribution in [2.45, 2.75) is 127 Å². The first-order valence-electron chi connectivity index (χ1n) is 19.4. The van der Waals surface area contributed by atoms with Crippen molar-refractivity contribution in [3.63, 3.8) is 0 Å². The van der Waals surface area contributed by atoms with Crippen molar-refractivity contribution < 1.29 is 56.8 Å². The van der Waals surface area contributed by atoms with Crippen LogP contribution >= 0.6 is 0 Å². The molecule has 2 saturated heterocycles. The molecule has 0 bridgehead atoms. The predicted octanol–water partition coefficient (Wildman–Crippen LogP) is 7.53. The SMILES string of the molecule is CC(C)(C)[Si](C)(C)O[C@H]1[C@H](O[Si](C)(C)C(C)(C)C)[C@@H](CO[C@H]2O[C@H](COC(=O)c3ccccc3)[C@@H](OC(=O)c3ccccc3)[C@@H]2OC(=O)c2ccccc2)O[C@@H]1O. The Morgan fingerprint density at radius 3 is 1.42 bits per heavy atom. The molecule has 0 amide bonds. The Morgan fingerprint density at radius 1 is 0.561 bits per heavy atom. The van der Waals surface area contributed by atoms with Crippen LogP contribution in [0.2, 0.25) is 36.3 Å². The van der Waals surface area contributed by atoms with Crippen LogP contribution in [0.15, 0.2) is 91.0 Å². The maximum Gasteiger partial charge on any atom is 0.338 e. The lowest BCUT2D eigenvalue weighted by atomic mass is 10.1. The molecule has 0 spiro atoms. The first-order chi connectivity index (χ1) is 26.7. The molecule has 57 heavy (non-hydrogen) atoms. The third-order valence-electron chi connectivity index (χ3n) is 11.3. The van der Waals surface area contributed by atoms with Gasteiger partial charge in [-0.1, -0.05) is 96.1 Å². The van der Waals surface area contributed by atoms with E-state index in [1.165, 1.54) is 0 Å². The molecule has 0 aromatic heterocycles. The number of aliphatic hydroxyl groups is 1. The molecule has 2 heterocycles. The highest BCUT2D eigenvalue weighted by Crippen LogP contribution is 2.43. The number of hydrogen-bond donors (Lipinski definition) is 1. The van der Waals surface area contributed by atoms with Crippen molar-refractivity contribution >= 4 is 34.5 Å². The Morgan fingerprint density at radius 2 is 0.965 bits per heavy atom. The molecule has 3 aromatic rings. The van der Waals surface area contributed by atoms with Crippen molar-refractivity contribution in [2.24, 2.45) is 0 Å². The van der Waals surface area contributed by atoms with E-state index < -0.39 is 83.7 Å². The minimum absolute atomic E-state index is 0.165. The van der Waals surface area contributed by atoms with Gasteiger partial charge < -0.3 is 42.4 Å². The second-order valence-corrected chi connectivity index (χ2v) is 27.1. The topological polar surface area (TPSA) is 145 Å². The van der Waals surface area contributed by atoms with Crippen LogP contribution in [0.3, 0.4) is 0 Å². The van der Waals surface area contributed by atoms with Crippen LogP contribution < -0.4 is 0 Å². The molecule has 2 fully saturated rings. The van der Waals surface area contributed by atoms with Crippen molar-refractivity contribution in [2.75, 3.05) is 13.2 Å². The normalized spacial score (nSPS) is 25.5. The number of esters is 3. The third-order valence-corrected chi connectivity index (χ3v) is 20.3. The summed E-state index contributed by atoms with van der Waals surface area (Å²) in [7, 11) is -4.91. The highest BCUT2D eigenvalue weighted by atomic mass is 28.4. The average Bonchev–Trinajstić information content (AvgIpc) is 3.62. The average molecular weight is 823 g/mol. The lowest BCUT2D eigenvalue weighted by molar-refractivity contribution is -0.197. The molecule has 0 radical (unpaired) electrons.